The van der Waals surface area contributed by atoms with Crippen LogP contribution in [-0.4, -0.2) is 49.2 Å². The van der Waals surface area contributed by atoms with E-state index in [2.05, 4.69) is 44.8 Å². The molecule has 21 heavy (non-hydrogen) atoms. The van der Waals surface area contributed by atoms with Gasteiger partial charge in [0.05, 0.1) is 6.61 Å². The van der Waals surface area contributed by atoms with E-state index in [0.717, 1.165) is 26.1 Å². The van der Waals surface area contributed by atoms with Crippen molar-refractivity contribution >= 4 is 5.97 Å². The molecule has 0 aliphatic heterocycles. The SMILES string of the molecule is CCCNC(C)(CN(CC(C)C)CC(C)C)C(=O)OCC. The first-order valence-corrected chi connectivity index (χ1v) is 8.39. The average molecular weight is 300 g/mol. The van der Waals surface area contributed by atoms with Crippen molar-refractivity contribution in [1.29, 1.82) is 0 Å². The van der Waals surface area contributed by atoms with Crippen LogP contribution in [0, 0.1) is 11.8 Å². The van der Waals surface area contributed by atoms with E-state index >= 15 is 0 Å². The number of ether oxygens (including phenoxy) is 1. The zero-order valence-electron chi connectivity index (χ0n) is 15.2. The Hall–Kier alpha value is -0.610. The Morgan fingerprint density at radius 3 is 2.05 bits per heavy atom. The van der Waals surface area contributed by atoms with Crippen LogP contribution < -0.4 is 5.32 Å². The van der Waals surface area contributed by atoms with Crippen LogP contribution in [0.15, 0.2) is 0 Å². The Morgan fingerprint density at radius 2 is 1.67 bits per heavy atom. The summed E-state index contributed by atoms with van der Waals surface area (Å²) < 4.78 is 5.29. The number of nitrogens with one attached hydrogen (secondary N) is 1. The molecule has 0 rings (SSSR count). The van der Waals surface area contributed by atoms with Gasteiger partial charge in [-0.1, -0.05) is 34.6 Å². The lowest BCUT2D eigenvalue weighted by atomic mass is 9.99. The molecule has 0 aromatic heterocycles. The van der Waals surface area contributed by atoms with Gasteiger partial charge in [-0.2, -0.15) is 0 Å². The molecule has 0 aliphatic carbocycles. The Balaban J connectivity index is 4.96. The highest BCUT2D eigenvalue weighted by Gasteiger charge is 2.36. The van der Waals surface area contributed by atoms with Crippen LogP contribution >= 0.6 is 0 Å². The predicted octanol–water partition coefficient (Wildman–Crippen LogP) is 2.92. The average Bonchev–Trinajstić information content (AvgIpc) is 2.35. The lowest BCUT2D eigenvalue weighted by Gasteiger charge is -2.36. The van der Waals surface area contributed by atoms with E-state index in [1.807, 2.05) is 13.8 Å². The zero-order chi connectivity index (χ0) is 16.5. The van der Waals surface area contributed by atoms with E-state index < -0.39 is 5.54 Å². The molecule has 0 aliphatic rings. The maximum atomic E-state index is 12.4. The fourth-order valence-corrected chi connectivity index (χ4v) is 2.57. The first kappa shape index (κ1) is 20.4. The third-order valence-corrected chi connectivity index (χ3v) is 3.28. The molecule has 1 N–H and O–H groups in total. The molecular formula is C17H36N2O2. The van der Waals surface area contributed by atoms with Gasteiger partial charge < -0.3 is 15.0 Å². The highest BCUT2D eigenvalue weighted by atomic mass is 16.5. The third kappa shape index (κ3) is 8.42. The molecule has 126 valence electrons. The van der Waals surface area contributed by atoms with E-state index in [1.54, 1.807) is 0 Å². The van der Waals surface area contributed by atoms with Crippen LogP contribution in [0.5, 0.6) is 0 Å². The van der Waals surface area contributed by atoms with Crippen molar-refractivity contribution in [3.05, 3.63) is 0 Å². The Labute approximate surface area is 131 Å². The van der Waals surface area contributed by atoms with Gasteiger partial charge in [0.2, 0.25) is 0 Å². The molecule has 0 aromatic rings. The van der Waals surface area contributed by atoms with Gasteiger partial charge in [0, 0.05) is 19.6 Å². The Morgan fingerprint density at radius 1 is 1.14 bits per heavy atom. The number of rotatable bonds is 11. The fraction of sp³-hybridized carbons (Fsp3) is 0.941. The van der Waals surface area contributed by atoms with Gasteiger partial charge in [-0.25, -0.2) is 0 Å². The zero-order valence-corrected chi connectivity index (χ0v) is 15.2. The van der Waals surface area contributed by atoms with E-state index in [-0.39, 0.29) is 5.97 Å². The van der Waals surface area contributed by atoms with Crippen molar-refractivity contribution in [2.45, 2.75) is 60.4 Å². The minimum absolute atomic E-state index is 0.143. The van der Waals surface area contributed by atoms with Crippen LogP contribution in [0.1, 0.15) is 54.9 Å². The summed E-state index contributed by atoms with van der Waals surface area (Å²) in [6, 6.07) is 0. The van der Waals surface area contributed by atoms with Crippen molar-refractivity contribution < 1.29 is 9.53 Å². The monoisotopic (exact) mass is 300 g/mol. The number of carbonyl (C=O) groups excluding carboxylic acids is 1. The van der Waals surface area contributed by atoms with E-state index in [9.17, 15) is 4.79 Å². The molecular weight excluding hydrogens is 264 g/mol. The van der Waals surface area contributed by atoms with E-state index in [0.29, 0.717) is 25.0 Å². The number of carbonyl (C=O) groups is 1. The lowest BCUT2D eigenvalue weighted by molar-refractivity contribution is -0.151. The molecule has 0 amide bonds. The summed E-state index contributed by atoms with van der Waals surface area (Å²) in [4.78, 5) is 14.8. The first-order chi connectivity index (χ1) is 9.75. The molecule has 1 unspecified atom stereocenters. The maximum Gasteiger partial charge on any atom is 0.327 e. The molecule has 0 fully saturated rings. The number of hydrogen-bond acceptors (Lipinski definition) is 4. The highest BCUT2D eigenvalue weighted by Crippen LogP contribution is 2.13. The second-order valence-electron chi connectivity index (χ2n) is 6.96. The van der Waals surface area contributed by atoms with Crippen molar-refractivity contribution in [1.82, 2.24) is 10.2 Å². The molecule has 0 spiro atoms. The second-order valence-corrected chi connectivity index (χ2v) is 6.96. The molecule has 0 radical (unpaired) electrons. The minimum Gasteiger partial charge on any atom is -0.465 e. The largest absolute Gasteiger partial charge is 0.465 e. The summed E-state index contributed by atoms with van der Waals surface area (Å²) in [5.74, 6) is 1.03. The topological polar surface area (TPSA) is 41.6 Å². The summed E-state index contributed by atoms with van der Waals surface area (Å²) in [6.45, 7) is 18.8. The van der Waals surface area contributed by atoms with E-state index in [4.69, 9.17) is 4.74 Å². The van der Waals surface area contributed by atoms with Crippen molar-refractivity contribution in [2.75, 3.05) is 32.8 Å². The minimum atomic E-state index is -0.629. The van der Waals surface area contributed by atoms with Crippen LogP contribution in [0.2, 0.25) is 0 Å². The second kappa shape index (κ2) is 10.2. The maximum absolute atomic E-state index is 12.4. The van der Waals surface area contributed by atoms with Crippen LogP contribution in [0.3, 0.4) is 0 Å². The molecule has 0 saturated carbocycles. The summed E-state index contributed by atoms with van der Waals surface area (Å²) in [6.07, 6.45) is 1.00. The van der Waals surface area contributed by atoms with Crippen LogP contribution in [0.25, 0.3) is 0 Å². The van der Waals surface area contributed by atoms with Crippen molar-refractivity contribution in [3.63, 3.8) is 0 Å². The van der Waals surface area contributed by atoms with Crippen molar-refractivity contribution in [3.8, 4) is 0 Å². The smallest absolute Gasteiger partial charge is 0.327 e. The standard InChI is InChI=1S/C17H36N2O2/c1-8-10-18-17(7,16(20)21-9-2)13-19(11-14(3)4)12-15(5)6/h14-15,18H,8-13H2,1-7H3. The number of nitrogens with zero attached hydrogens (tertiary/aromatic N) is 1. The van der Waals surface area contributed by atoms with Crippen LogP contribution in [0.4, 0.5) is 0 Å². The molecule has 0 saturated heterocycles. The number of esters is 1. The quantitative estimate of drug-likeness (QED) is 0.596. The summed E-state index contributed by atoms with van der Waals surface area (Å²) in [7, 11) is 0. The molecule has 1 atom stereocenters. The summed E-state index contributed by atoms with van der Waals surface area (Å²) in [5.41, 5.74) is -0.629. The Bertz CT molecular complexity index is 283. The number of hydrogen-bond donors (Lipinski definition) is 1. The normalized spacial score (nSPS) is 14.8. The fourth-order valence-electron chi connectivity index (χ4n) is 2.57. The first-order valence-electron chi connectivity index (χ1n) is 8.39. The van der Waals surface area contributed by atoms with Gasteiger partial charge in [0.25, 0.3) is 0 Å². The predicted molar refractivity (Wildman–Crippen MR) is 89.4 cm³/mol. The third-order valence-electron chi connectivity index (χ3n) is 3.28. The van der Waals surface area contributed by atoms with Gasteiger partial charge in [-0.3, -0.25) is 4.79 Å². The van der Waals surface area contributed by atoms with E-state index in [1.165, 1.54) is 0 Å². The van der Waals surface area contributed by atoms with Gasteiger partial charge >= 0.3 is 5.97 Å². The molecule has 0 aromatic carbocycles. The summed E-state index contributed by atoms with van der Waals surface area (Å²) >= 11 is 0. The van der Waals surface area contributed by atoms with Gasteiger partial charge in [-0.15, -0.1) is 0 Å². The molecule has 0 bridgehead atoms. The van der Waals surface area contributed by atoms with Gasteiger partial charge in [0.1, 0.15) is 5.54 Å². The van der Waals surface area contributed by atoms with Gasteiger partial charge in [0.15, 0.2) is 0 Å². The van der Waals surface area contributed by atoms with Crippen LogP contribution in [-0.2, 0) is 9.53 Å². The summed E-state index contributed by atoms with van der Waals surface area (Å²) in [5, 5.41) is 3.39. The Kier molecular flexibility index (Phi) is 9.88. The van der Waals surface area contributed by atoms with Gasteiger partial charge in [-0.05, 0) is 38.6 Å². The molecule has 4 nitrogen and oxygen atoms in total. The molecule has 0 heterocycles. The van der Waals surface area contributed by atoms with Crippen molar-refractivity contribution in [2.24, 2.45) is 11.8 Å². The lowest BCUT2D eigenvalue weighted by Crippen LogP contribution is -2.58. The molecule has 4 heteroatoms. The highest BCUT2D eigenvalue weighted by molar-refractivity contribution is 5.80.